The van der Waals surface area contributed by atoms with E-state index in [1.54, 1.807) is 0 Å². The minimum absolute atomic E-state index is 0.228. The van der Waals surface area contributed by atoms with Gasteiger partial charge in [-0.1, -0.05) is 0 Å². The molecule has 0 saturated heterocycles. The molecule has 0 amide bonds. The summed E-state index contributed by atoms with van der Waals surface area (Å²) in [4.78, 5) is 11.8. The second-order valence-electron chi connectivity index (χ2n) is 4.87. The van der Waals surface area contributed by atoms with Crippen molar-refractivity contribution in [2.24, 2.45) is 0 Å². The van der Waals surface area contributed by atoms with Crippen LogP contribution in [0.3, 0.4) is 0 Å². The summed E-state index contributed by atoms with van der Waals surface area (Å²) in [5.74, 6) is 2.95. The molecule has 22 heavy (non-hydrogen) atoms. The summed E-state index contributed by atoms with van der Waals surface area (Å²) in [5, 5.41) is 2.37. The van der Waals surface area contributed by atoms with Crippen LogP contribution >= 0.6 is 20.2 Å². The topological polar surface area (TPSA) is 26.3 Å². The summed E-state index contributed by atoms with van der Waals surface area (Å²) in [7, 11) is 0. The molecule has 1 heterocycles. The van der Waals surface area contributed by atoms with Gasteiger partial charge in [0.2, 0.25) is 0 Å². The van der Waals surface area contributed by atoms with Crippen LogP contribution in [-0.4, -0.2) is 5.97 Å². The first-order valence-electron chi connectivity index (χ1n) is 6.83. The van der Waals surface area contributed by atoms with Crippen LogP contribution in [0.1, 0.15) is 15.9 Å². The van der Waals surface area contributed by atoms with Gasteiger partial charge < -0.3 is 0 Å². The molecule has 0 fully saturated rings. The molecule has 106 valence electrons. The number of halogens is 1. The van der Waals surface area contributed by atoms with E-state index in [1.807, 2.05) is 42.5 Å². The molecule has 1 aliphatic rings. The molecule has 2 nitrogen and oxygen atoms in total. The van der Waals surface area contributed by atoms with Gasteiger partial charge in [0.15, 0.2) is 0 Å². The van der Waals surface area contributed by atoms with Crippen LogP contribution in [0.15, 0.2) is 66.7 Å². The molecule has 0 N–H and O–H groups in total. The van der Waals surface area contributed by atoms with Crippen LogP contribution in [0.2, 0.25) is 0 Å². The Hall–Kier alpha value is -2.32. The van der Waals surface area contributed by atoms with E-state index in [9.17, 15) is 4.79 Å². The molecule has 0 radical (unpaired) electrons. The van der Waals surface area contributed by atoms with Crippen molar-refractivity contribution in [1.29, 1.82) is 0 Å². The van der Waals surface area contributed by atoms with E-state index < -0.39 is 20.2 Å². The summed E-state index contributed by atoms with van der Waals surface area (Å²) in [5.41, 5.74) is 1.64. The maximum absolute atomic E-state index is 11.8. The van der Waals surface area contributed by atoms with Crippen molar-refractivity contribution < 1.29 is 7.86 Å². The van der Waals surface area contributed by atoms with Crippen molar-refractivity contribution in [2.75, 3.05) is 0 Å². The summed E-state index contributed by atoms with van der Waals surface area (Å²) in [6.07, 6.45) is 0. The zero-order valence-corrected chi connectivity index (χ0v) is 13.7. The van der Waals surface area contributed by atoms with E-state index in [1.165, 1.54) is 10.8 Å². The molecular weight excluding hydrogens is 387 g/mol. The predicted molar refractivity (Wildman–Crippen MR) is 95.4 cm³/mol. The SMILES string of the molecule is O=C1OI(C#Cc2ccc3ccccc3c2)c2ccccc21. The van der Waals surface area contributed by atoms with E-state index in [0.717, 1.165) is 9.13 Å². The van der Waals surface area contributed by atoms with E-state index >= 15 is 0 Å². The first-order valence-corrected chi connectivity index (χ1v) is 9.87. The number of hydrogen-bond donors (Lipinski definition) is 0. The fourth-order valence-corrected chi connectivity index (χ4v) is 5.66. The average Bonchev–Trinajstić information content (AvgIpc) is 2.89. The van der Waals surface area contributed by atoms with Crippen molar-refractivity contribution in [3.8, 4) is 9.85 Å². The predicted octanol–water partition coefficient (Wildman–Crippen LogP) is 4.61. The number of carbonyl (C=O) groups is 1. The van der Waals surface area contributed by atoms with Gasteiger partial charge >= 0.3 is 136 Å². The number of rotatable bonds is 0. The molecule has 1 aliphatic heterocycles. The first-order chi connectivity index (χ1) is 10.8. The fourth-order valence-electron chi connectivity index (χ4n) is 2.36. The van der Waals surface area contributed by atoms with Gasteiger partial charge in [0.05, 0.1) is 0 Å². The van der Waals surface area contributed by atoms with Crippen LogP contribution in [0.5, 0.6) is 0 Å². The van der Waals surface area contributed by atoms with E-state index in [0.29, 0.717) is 5.56 Å². The van der Waals surface area contributed by atoms with E-state index in [-0.39, 0.29) is 5.97 Å². The quantitative estimate of drug-likeness (QED) is 0.409. The molecule has 0 unspecified atom stereocenters. The Bertz CT molecular complexity index is 950. The van der Waals surface area contributed by atoms with Crippen LogP contribution in [0, 0.1) is 13.4 Å². The number of benzene rings is 3. The Kier molecular flexibility index (Phi) is 3.32. The molecular formula is C19H11IO2. The fraction of sp³-hybridized carbons (Fsp3) is 0. The van der Waals surface area contributed by atoms with Crippen molar-refractivity contribution >= 4 is 37.0 Å². The van der Waals surface area contributed by atoms with Crippen molar-refractivity contribution in [2.45, 2.75) is 0 Å². The average molecular weight is 398 g/mol. The molecule has 3 heteroatoms. The molecule has 0 aromatic heterocycles. The van der Waals surface area contributed by atoms with Gasteiger partial charge in [-0.25, -0.2) is 0 Å². The van der Waals surface area contributed by atoms with Crippen LogP contribution in [0.4, 0.5) is 0 Å². The van der Waals surface area contributed by atoms with Gasteiger partial charge in [-0.2, -0.15) is 0 Å². The third-order valence-electron chi connectivity index (χ3n) is 3.45. The van der Waals surface area contributed by atoms with Crippen molar-refractivity contribution in [3.63, 3.8) is 0 Å². The molecule has 0 saturated carbocycles. The molecule has 0 atom stereocenters. The van der Waals surface area contributed by atoms with Crippen molar-refractivity contribution in [3.05, 3.63) is 81.4 Å². The summed E-state index contributed by atoms with van der Waals surface area (Å²) in [6, 6.07) is 21.9. The van der Waals surface area contributed by atoms with Crippen molar-refractivity contribution in [1.82, 2.24) is 0 Å². The van der Waals surface area contributed by atoms with E-state index in [2.05, 4.69) is 34.1 Å². The molecule has 4 rings (SSSR count). The van der Waals surface area contributed by atoms with Crippen LogP contribution < -0.4 is 0 Å². The van der Waals surface area contributed by atoms with Crippen LogP contribution in [-0.2, 0) is 3.07 Å². The Morgan fingerprint density at radius 3 is 2.55 bits per heavy atom. The Morgan fingerprint density at radius 2 is 1.64 bits per heavy atom. The molecule has 3 aromatic rings. The standard InChI is InChI=1S/C19H11IO2/c21-19-17-7-3-4-8-18(17)20(22-19)12-11-14-9-10-15-5-1-2-6-16(15)13-14/h1-10,13H. The molecule has 3 aromatic carbocycles. The third-order valence-corrected chi connectivity index (χ3v) is 7.05. The van der Waals surface area contributed by atoms with Gasteiger partial charge in [-0.15, -0.1) is 0 Å². The number of carbonyl (C=O) groups excluding carboxylic acids is 1. The second kappa shape index (κ2) is 5.47. The molecule has 0 aliphatic carbocycles. The number of hydrogen-bond acceptors (Lipinski definition) is 2. The zero-order chi connectivity index (χ0) is 14.9. The minimum atomic E-state index is -2.17. The first kappa shape index (κ1) is 13.4. The molecule has 0 bridgehead atoms. The van der Waals surface area contributed by atoms with Gasteiger partial charge in [0.1, 0.15) is 0 Å². The van der Waals surface area contributed by atoms with Gasteiger partial charge in [0.25, 0.3) is 0 Å². The normalized spacial score (nSPS) is 14.2. The monoisotopic (exact) mass is 398 g/mol. The van der Waals surface area contributed by atoms with Crippen LogP contribution in [0.25, 0.3) is 10.8 Å². The summed E-state index contributed by atoms with van der Waals surface area (Å²) in [6.45, 7) is 0. The molecule has 0 spiro atoms. The Morgan fingerprint density at radius 1 is 0.864 bits per heavy atom. The van der Waals surface area contributed by atoms with Gasteiger partial charge in [-0.3, -0.25) is 0 Å². The Labute approximate surface area is 136 Å². The van der Waals surface area contributed by atoms with Gasteiger partial charge in [0, 0.05) is 0 Å². The summed E-state index contributed by atoms with van der Waals surface area (Å²) < 4.78 is 9.70. The second-order valence-corrected chi connectivity index (χ2v) is 8.44. The van der Waals surface area contributed by atoms with Gasteiger partial charge in [-0.05, 0) is 0 Å². The third kappa shape index (κ3) is 2.36. The van der Waals surface area contributed by atoms with E-state index in [4.69, 9.17) is 3.07 Å². The maximum atomic E-state index is 11.8. The zero-order valence-electron chi connectivity index (χ0n) is 11.5. The Balaban J connectivity index is 1.69. The number of fused-ring (bicyclic) bond motifs is 2. The summed E-state index contributed by atoms with van der Waals surface area (Å²) >= 11 is -2.17.